The van der Waals surface area contributed by atoms with Gasteiger partial charge < -0.3 is 15.3 Å². The lowest BCUT2D eigenvalue weighted by molar-refractivity contribution is -0.140. The van der Waals surface area contributed by atoms with Crippen LogP contribution in [-0.2, 0) is 14.4 Å². The van der Waals surface area contributed by atoms with Crippen LogP contribution in [0.1, 0.15) is 33.6 Å². The zero-order chi connectivity index (χ0) is 16.0. The summed E-state index contributed by atoms with van der Waals surface area (Å²) in [5, 5.41) is 11.6. The predicted molar refractivity (Wildman–Crippen MR) is 82.2 cm³/mol. The van der Waals surface area contributed by atoms with Crippen LogP contribution < -0.4 is 5.32 Å². The molecule has 2 N–H and O–H groups in total. The van der Waals surface area contributed by atoms with Gasteiger partial charge in [-0.15, -0.1) is 0 Å². The minimum Gasteiger partial charge on any atom is -0.481 e. The summed E-state index contributed by atoms with van der Waals surface area (Å²) in [5.74, 6) is 0.423. The summed E-state index contributed by atoms with van der Waals surface area (Å²) in [7, 11) is 0. The van der Waals surface area contributed by atoms with Crippen LogP contribution in [0.4, 0.5) is 0 Å². The van der Waals surface area contributed by atoms with Gasteiger partial charge in [-0.2, -0.15) is 11.8 Å². The Morgan fingerprint density at radius 2 is 2.00 bits per heavy atom. The van der Waals surface area contributed by atoms with Crippen LogP contribution in [0.5, 0.6) is 0 Å². The van der Waals surface area contributed by atoms with Crippen molar-refractivity contribution < 1.29 is 19.5 Å². The summed E-state index contributed by atoms with van der Waals surface area (Å²) in [6.45, 7) is 6.31. The van der Waals surface area contributed by atoms with Crippen molar-refractivity contribution in [1.29, 1.82) is 0 Å². The van der Waals surface area contributed by atoms with E-state index in [2.05, 4.69) is 5.32 Å². The van der Waals surface area contributed by atoms with E-state index in [1.54, 1.807) is 16.7 Å². The van der Waals surface area contributed by atoms with Gasteiger partial charge in [-0.05, 0) is 0 Å². The number of carbonyl (C=O) groups is 3. The molecule has 0 aromatic rings. The van der Waals surface area contributed by atoms with Gasteiger partial charge in [-0.3, -0.25) is 14.4 Å². The average Bonchev–Trinajstić information content (AvgIpc) is 2.37. The number of amides is 2. The minimum absolute atomic E-state index is 0.0207. The van der Waals surface area contributed by atoms with E-state index >= 15 is 0 Å². The lowest BCUT2D eigenvalue weighted by Gasteiger charge is -2.34. The number of aliphatic carboxylic acids is 1. The maximum absolute atomic E-state index is 12.2. The first-order valence-corrected chi connectivity index (χ1v) is 8.24. The molecule has 1 fully saturated rings. The smallest absolute Gasteiger partial charge is 0.305 e. The van der Waals surface area contributed by atoms with Crippen LogP contribution in [0.25, 0.3) is 0 Å². The molecule has 1 rings (SSSR count). The molecule has 0 aromatic carbocycles. The molecule has 120 valence electrons. The second-order valence-electron chi connectivity index (χ2n) is 6.17. The molecule has 1 unspecified atom stereocenters. The lowest BCUT2D eigenvalue weighted by Crippen LogP contribution is -2.48. The second kappa shape index (κ2) is 7.68. The molecule has 1 aliphatic rings. The Hall–Kier alpha value is -1.24. The van der Waals surface area contributed by atoms with Gasteiger partial charge >= 0.3 is 5.97 Å². The highest BCUT2D eigenvalue weighted by Gasteiger charge is 2.28. The molecule has 0 aromatic heterocycles. The van der Waals surface area contributed by atoms with Gasteiger partial charge in [0.25, 0.3) is 0 Å². The Morgan fingerprint density at radius 1 is 1.33 bits per heavy atom. The number of hydrogen-bond acceptors (Lipinski definition) is 4. The zero-order valence-electron chi connectivity index (χ0n) is 12.8. The van der Waals surface area contributed by atoms with Gasteiger partial charge in [0.1, 0.15) is 0 Å². The molecule has 0 bridgehead atoms. The molecule has 2 amide bonds. The number of nitrogens with one attached hydrogen (secondary N) is 1. The highest BCUT2D eigenvalue weighted by atomic mass is 32.2. The molecule has 0 radical (unpaired) electrons. The summed E-state index contributed by atoms with van der Waals surface area (Å²) >= 11 is 1.67. The molecule has 0 spiro atoms. The van der Waals surface area contributed by atoms with Crippen molar-refractivity contribution in [1.82, 2.24) is 10.2 Å². The van der Waals surface area contributed by atoms with E-state index in [0.717, 1.165) is 5.75 Å². The maximum atomic E-state index is 12.2. The molecule has 0 saturated carbocycles. The molecule has 0 aliphatic carbocycles. The Balaban J connectivity index is 2.45. The highest BCUT2D eigenvalue weighted by molar-refractivity contribution is 7.99. The molecule has 6 nitrogen and oxygen atoms in total. The lowest BCUT2D eigenvalue weighted by atomic mass is 9.96. The standard InChI is InChI=1S/C14H24N2O4S/c1-14(2,3)13(20)15-5-4-11(17)16-6-7-21-9-10(16)8-12(18)19/h10H,4-9H2,1-3H3,(H,15,20)(H,18,19). The van der Waals surface area contributed by atoms with Gasteiger partial charge in [-0.1, -0.05) is 20.8 Å². The number of rotatable bonds is 5. The molecule has 21 heavy (non-hydrogen) atoms. The maximum Gasteiger partial charge on any atom is 0.305 e. The molecule has 1 heterocycles. The Kier molecular flexibility index (Phi) is 6.51. The molecule has 1 aliphatic heterocycles. The molecular weight excluding hydrogens is 292 g/mol. The summed E-state index contributed by atoms with van der Waals surface area (Å²) in [5.41, 5.74) is -0.476. The fraction of sp³-hybridized carbons (Fsp3) is 0.786. The van der Waals surface area contributed by atoms with Crippen LogP contribution in [0.15, 0.2) is 0 Å². The van der Waals surface area contributed by atoms with Crippen LogP contribution >= 0.6 is 11.8 Å². The van der Waals surface area contributed by atoms with E-state index in [1.807, 2.05) is 20.8 Å². The topological polar surface area (TPSA) is 86.7 Å². The summed E-state index contributed by atoms with van der Waals surface area (Å²) in [6.07, 6.45) is 0.190. The van der Waals surface area contributed by atoms with Gasteiger partial charge in [0.2, 0.25) is 11.8 Å². The number of carboxylic acid groups (broad SMARTS) is 1. The van der Waals surface area contributed by atoms with E-state index in [0.29, 0.717) is 18.8 Å². The normalized spacial score (nSPS) is 19.2. The van der Waals surface area contributed by atoms with E-state index < -0.39 is 11.4 Å². The van der Waals surface area contributed by atoms with Crippen molar-refractivity contribution in [2.24, 2.45) is 5.41 Å². The average molecular weight is 316 g/mol. The second-order valence-corrected chi connectivity index (χ2v) is 7.32. The van der Waals surface area contributed by atoms with E-state index in [-0.39, 0.29) is 30.7 Å². The van der Waals surface area contributed by atoms with Crippen LogP contribution in [-0.4, -0.2) is 58.4 Å². The van der Waals surface area contributed by atoms with E-state index in [4.69, 9.17) is 5.11 Å². The van der Waals surface area contributed by atoms with Crippen LogP contribution in [0.3, 0.4) is 0 Å². The Bertz CT molecular complexity index is 406. The van der Waals surface area contributed by atoms with Gasteiger partial charge in [0, 0.05) is 36.4 Å². The van der Waals surface area contributed by atoms with Crippen molar-refractivity contribution in [3.63, 3.8) is 0 Å². The van der Waals surface area contributed by atoms with Crippen LogP contribution in [0.2, 0.25) is 0 Å². The largest absolute Gasteiger partial charge is 0.481 e. The van der Waals surface area contributed by atoms with Crippen molar-refractivity contribution in [2.45, 2.75) is 39.7 Å². The quantitative estimate of drug-likeness (QED) is 0.789. The highest BCUT2D eigenvalue weighted by Crippen LogP contribution is 2.20. The number of hydrogen-bond donors (Lipinski definition) is 2. The number of thioether (sulfide) groups is 1. The van der Waals surface area contributed by atoms with Crippen molar-refractivity contribution >= 4 is 29.5 Å². The molecule has 1 saturated heterocycles. The molecule has 7 heteroatoms. The van der Waals surface area contributed by atoms with Gasteiger partial charge in [-0.25, -0.2) is 0 Å². The first kappa shape index (κ1) is 17.8. The van der Waals surface area contributed by atoms with Crippen LogP contribution in [0, 0.1) is 5.41 Å². The Labute approximate surface area is 129 Å². The summed E-state index contributed by atoms with van der Waals surface area (Å²) in [6, 6.07) is -0.243. The fourth-order valence-electron chi connectivity index (χ4n) is 2.05. The van der Waals surface area contributed by atoms with Gasteiger partial charge in [0.15, 0.2) is 0 Å². The van der Waals surface area contributed by atoms with Crippen molar-refractivity contribution in [3.05, 3.63) is 0 Å². The van der Waals surface area contributed by atoms with E-state index in [9.17, 15) is 14.4 Å². The molecule has 1 atom stereocenters. The first-order valence-electron chi connectivity index (χ1n) is 7.09. The first-order chi connectivity index (χ1) is 9.71. The minimum atomic E-state index is -0.888. The Morgan fingerprint density at radius 3 is 2.57 bits per heavy atom. The fourth-order valence-corrected chi connectivity index (χ4v) is 3.11. The number of carbonyl (C=O) groups excluding carboxylic acids is 2. The number of carboxylic acids is 1. The van der Waals surface area contributed by atoms with E-state index in [1.165, 1.54) is 0 Å². The van der Waals surface area contributed by atoms with Crippen molar-refractivity contribution in [2.75, 3.05) is 24.6 Å². The van der Waals surface area contributed by atoms with Gasteiger partial charge in [0.05, 0.1) is 12.5 Å². The molecular formula is C14H24N2O4S. The SMILES string of the molecule is CC(C)(C)C(=O)NCCC(=O)N1CCSCC1CC(=O)O. The van der Waals surface area contributed by atoms with Crippen molar-refractivity contribution in [3.8, 4) is 0 Å². The third-order valence-corrected chi connectivity index (χ3v) is 4.36. The third kappa shape index (κ3) is 5.95. The third-order valence-electron chi connectivity index (χ3n) is 3.26. The predicted octanol–water partition coefficient (Wildman–Crippen LogP) is 0.957. The summed E-state index contributed by atoms with van der Waals surface area (Å²) in [4.78, 5) is 36.4. The summed E-state index contributed by atoms with van der Waals surface area (Å²) < 4.78 is 0. The number of nitrogens with zero attached hydrogens (tertiary/aromatic N) is 1. The zero-order valence-corrected chi connectivity index (χ0v) is 13.7. The monoisotopic (exact) mass is 316 g/mol.